The van der Waals surface area contributed by atoms with Crippen molar-refractivity contribution in [2.45, 2.75) is 25.9 Å². The Bertz CT molecular complexity index is 1170. The maximum Gasteiger partial charge on any atom is 0.240 e. The average molecular weight is 417 g/mol. The first-order valence-electron chi connectivity index (χ1n) is 10.1. The molecule has 0 aliphatic carbocycles. The molecule has 31 heavy (non-hydrogen) atoms. The number of carbonyl (C=O) groups is 3. The summed E-state index contributed by atoms with van der Waals surface area (Å²) in [6.07, 6.45) is 5.07. The van der Waals surface area contributed by atoms with Crippen LogP contribution in [0.2, 0.25) is 0 Å². The molecule has 4 atom stereocenters. The van der Waals surface area contributed by atoms with Crippen molar-refractivity contribution in [2.75, 3.05) is 4.90 Å². The highest BCUT2D eigenvalue weighted by Gasteiger charge is 2.64. The topological polar surface area (TPSA) is 70.1 Å². The summed E-state index contributed by atoms with van der Waals surface area (Å²) in [6, 6.07) is 9.33. The molecule has 0 N–H and O–H groups in total. The van der Waals surface area contributed by atoms with E-state index in [0.717, 1.165) is 11.1 Å². The summed E-state index contributed by atoms with van der Waals surface area (Å²) in [4.78, 5) is 41.7. The molecule has 0 saturated carbocycles. The predicted octanol–water partition coefficient (Wildman–Crippen LogP) is 3.04. The molecule has 6 nitrogen and oxygen atoms in total. The van der Waals surface area contributed by atoms with Gasteiger partial charge in [-0.3, -0.25) is 19.4 Å². The number of nitrogens with zero attached hydrogens (tertiary/aromatic N) is 3. The number of carbonyl (C=O) groups excluding carboxylic acids is 3. The van der Waals surface area contributed by atoms with Crippen molar-refractivity contribution in [2.24, 2.45) is 16.9 Å². The molecule has 3 heterocycles. The third-order valence-electron chi connectivity index (χ3n) is 6.28. The number of hydrazone groups is 1. The first-order chi connectivity index (χ1) is 14.9. The second-order valence-corrected chi connectivity index (χ2v) is 8.19. The van der Waals surface area contributed by atoms with Gasteiger partial charge in [0.15, 0.2) is 5.78 Å². The lowest BCUT2D eigenvalue weighted by atomic mass is 9.86. The van der Waals surface area contributed by atoms with E-state index in [1.54, 1.807) is 29.4 Å². The van der Waals surface area contributed by atoms with Crippen LogP contribution in [-0.2, 0) is 9.59 Å². The third-order valence-corrected chi connectivity index (χ3v) is 6.28. The summed E-state index contributed by atoms with van der Waals surface area (Å²) in [7, 11) is 0. The molecule has 7 heteroatoms. The number of aryl methyl sites for hydroxylation is 2. The fourth-order valence-corrected chi connectivity index (χ4v) is 4.92. The summed E-state index contributed by atoms with van der Waals surface area (Å²) in [5, 5.41) is 5.87. The van der Waals surface area contributed by atoms with Crippen molar-refractivity contribution in [3.8, 4) is 0 Å². The minimum atomic E-state index is -0.936. The molecule has 2 saturated heterocycles. The van der Waals surface area contributed by atoms with E-state index in [-0.39, 0.29) is 17.3 Å². The lowest BCUT2D eigenvalue weighted by Crippen LogP contribution is -2.46. The number of rotatable bonds is 3. The van der Waals surface area contributed by atoms with Gasteiger partial charge in [-0.15, -0.1) is 0 Å². The van der Waals surface area contributed by atoms with Gasteiger partial charge in [0.25, 0.3) is 0 Å². The highest BCUT2D eigenvalue weighted by Crippen LogP contribution is 2.46. The minimum Gasteiger partial charge on any atom is -0.292 e. The molecule has 5 rings (SSSR count). The van der Waals surface area contributed by atoms with Crippen molar-refractivity contribution in [1.29, 1.82) is 0 Å². The zero-order valence-electron chi connectivity index (χ0n) is 17.0. The largest absolute Gasteiger partial charge is 0.292 e. The van der Waals surface area contributed by atoms with Gasteiger partial charge < -0.3 is 0 Å². The number of ketones is 1. The quantitative estimate of drug-likeness (QED) is 0.569. The third kappa shape index (κ3) is 2.84. The van der Waals surface area contributed by atoms with E-state index in [9.17, 15) is 18.8 Å². The van der Waals surface area contributed by atoms with Crippen molar-refractivity contribution in [1.82, 2.24) is 5.01 Å². The number of halogens is 1. The van der Waals surface area contributed by atoms with Crippen LogP contribution in [0.4, 0.5) is 10.1 Å². The summed E-state index contributed by atoms with van der Waals surface area (Å²) in [6.45, 7) is 3.80. The minimum absolute atomic E-state index is 0.278. The maximum atomic E-state index is 13.6. The molecular formula is C24H20FN3O3. The molecule has 2 amide bonds. The van der Waals surface area contributed by atoms with Crippen LogP contribution in [0.15, 0.2) is 59.7 Å². The van der Waals surface area contributed by atoms with E-state index in [2.05, 4.69) is 5.10 Å². The monoisotopic (exact) mass is 417 g/mol. The summed E-state index contributed by atoms with van der Waals surface area (Å²) in [5.74, 6) is -3.11. The van der Waals surface area contributed by atoms with Gasteiger partial charge in [-0.25, -0.2) is 9.29 Å². The van der Waals surface area contributed by atoms with E-state index in [4.69, 9.17) is 0 Å². The molecule has 0 spiro atoms. The Labute approximate surface area is 178 Å². The van der Waals surface area contributed by atoms with Crippen molar-refractivity contribution in [3.05, 3.63) is 77.1 Å². The van der Waals surface area contributed by atoms with Crippen LogP contribution in [0.5, 0.6) is 0 Å². The van der Waals surface area contributed by atoms with Crippen LogP contribution in [0, 0.1) is 31.5 Å². The number of hydrogen-bond donors (Lipinski definition) is 0. The first kappa shape index (κ1) is 19.4. The number of imide groups is 1. The SMILES string of the molecule is Cc1ccc(N2C(=O)[C@@H]3[C@H](C2=O)[C@H](C(=O)c2ccc(F)cc2)N2N=CC=C[C@@H]32)c(C)c1. The van der Waals surface area contributed by atoms with Crippen molar-refractivity contribution in [3.63, 3.8) is 0 Å². The summed E-state index contributed by atoms with van der Waals surface area (Å²) in [5.41, 5.74) is 2.66. The normalized spacial score (nSPS) is 26.4. The standard InChI is InChI=1S/C24H20FN3O3/c1-13-5-10-17(14(2)12-13)27-23(30)19-18-4-3-11-26-28(18)21(20(19)24(27)31)22(29)15-6-8-16(25)9-7-15/h3-12,18-21H,1-2H3/t18-,19-,20-,21+/m0/s1. The number of Topliss-reactive ketones (excluding diaryl/α,β-unsaturated/α-hetero) is 1. The Hall–Kier alpha value is -3.61. The van der Waals surface area contributed by atoms with E-state index in [1.807, 2.05) is 26.0 Å². The van der Waals surface area contributed by atoms with Crippen LogP contribution < -0.4 is 4.90 Å². The Morgan fingerprint density at radius 1 is 1.00 bits per heavy atom. The summed E-state index contributed by atoms with van der Waals surface area (Å²) < 4.78 is 13.4. The second-order valence-electron chi connectivity index (χ2n) is 8.19. The lowest BCUT2D eigenvalue weighted by molar-refractivity contribution is -0.123. The smallest absolute Gasteiger partial charge is 0.240 e. The Morgan fingerprint density at radius 2 is 1.71 bits per heavy atom. The van der Waals surface area contributed by atoms with Gasteiger partial charge in [-0.2, -0.15) is 5.10 Å². The second kappa shape index (κ2) is 6.97. The van der Waals surface area contributed by atoms with E-state index < -0.39 is 35.6 Å². The van der Waals surface area contributed by atoms with Gasteiger partial charge in [-0.05, 0) is 55.8 Å². The molecule has 0 bridgehead atoms. The highest BCUT2D eigenvalue weighted by molar-refractivity contribution is 6.25. The van der Waals surface area contributed by atoms with E-state index in [1.165, 1.54) is 29.2 Å². The molecule has 0 aromatic heterocycles. The van der Waals surface area contributed by atoms with Gasteiger partial charge >= 0.3 is 0 Å². The highest BCUT2D eigenvalue weighted by atomic mass is 19.1. The fourth-order valence-electron chi connectivity index (χ4n) is 4.92. The van der Waals surface area contributed by atoms with Crippen LogP contribution in [0.3, 0.4) is 0 Å². The summed E-state index contributed by atoms with van der Waals surface area (Å²) >= 11 is 0. The van der Waals surface area contributed by atoms with Gasteiger partial charge in [0.1, 0.15) is 11.9 Å². The maximum absolute atomic E-state index is 13.6. The molecule has 0 unspecified atom stereocenters. The average Bonchev–Trinajstić information content (AvgIpc) is 3.22. The zero-order chi connectivity index (χ0) is 21.9. The van der Waals surface area contributed by atoms with Gasteiger partial charge in [-0.1, -0.05) is 23.8 Å². The molecule has 3 aliphatic heterocycles. The Morgan fingerprint density at radius 3 is 2.42 bits per heavy atom. The molecule has 2 aromatic rings. The molecule has 0 radical (unpaired) electrons. The first-order valence-corrected chi connectivity index (χ1v) is 10.1. The Balaban J connectivity index is 1.59. The molecular weight excluding hydrogens is 397 g/mol. The van der Waals surface area contributed by atoms with Gasteiger partial charge in [0.05, 0.1) is 23.6 Å². The number of fused-ring (bicyclic) bond motifs is 3. The zero-order valence-corrected chi connectivity index (χ0v) is 17.0. The number of anilines is 1. The van der Waals surface area contributed by atoms with Gasteiger partial charge in [0.2, 0.25) is 11.8 Å². The predicted molar refractivity (Wildman–Crippen MR) is 113 cm³/mol. The van der Waals surface area contributed by atoms with Crippen LogP contribution in [0.1, 0.15) is 21.5 Å². The van der Waals surface area contributed by atoms with Crippen molar-refractivity contribution < 1.29 is 18.8 Å². The van der Waals surface area contributed by atoms with Crippen LogP contribution >= 0.6 is 0 Å². The van der Waals surface area contributed by atoms with Gasteiger partial charge in [0, 0.05) is 11.8 Å². The number of amides is 2. The van der Waals surface area contributed by atoms with Crippen molar-refractivity contribution >= 4 is 29.5 Å². The van der Waals surface area contributed by atoms with Crippen LogP contribution in [0.25, 0.3) is 0 Å². The Kier molecular flexibility index (Phi) is 4.36. The number of hydrogen-bond acceptors (Lipinski definition) is 5. The molecule has 3 aliphatic rings. The molecule has 2 fully saturated rings. The van der Waals surface area contributed by atoms with E-state index in [0.29, 0.717) is 5.69 Å². The lowest BCUT2D eigenvalue weighted by Gasteiger charge is -2.30. The molecule has 156 valence electrons. The number of allylic oxidation sites excluding steroid dienone is 1. The number of benzene rings is 2. The fraction of sp³-hybridized carbons (Fsp3) is 0.250. The molecule has 2 aromatic carbocycles. The van der Waals surface area contributed by atoms with Crippen LogP contribution in [-0.4, -0.2) is 40.9 Å². The van der Waals surface area contributed by atoms with E-state index >= 15 is 0 Å².